The Labute approximate surface area is 114 Å². The van der Waals surface area contributed by atoms with Gasteiger partial charge in [0.25, 0.3) is 5.91 Å². The van der Waals surface area contributed by atoms with Crippen molar-refractivity contribution in [1.29, 1.82) is 0 Å². The van der Waals surface area contributed by atoms with Crippen molar-refractivity contribution in [3.8, 4) is 0 Å². The van der Waals surface area contributed by atoms with Crippen molar-refractivity contribution in [2.75, 3.05) is 25.0 Å². The van der Waals surface area contributed by atoms with E-state index in [-0.39, 0.29) is 11.8 Å². The van der Waals surface area contributed by atoms with Gasteiger partial charge < -0.3 is 10.2 Å². The highest BCUT2D eigenvalue weighted by Crippen LogP contribution is 2.20. The fourth-order valence-electron chi connectivity index (χ4n) is 2.23. The lowest BCUT2D eigenvalue weighted by Gasteiger charge is -2.18. The molecule has 104 valence electrons. The summed E-state index contributed by atoms with van der Waals surface area (Å²) in [4.78, 5) is 23.2. The summed E-state index contributed by atoms with van der Waals surface area (Å²) in [5, 5.41) is 3.17. The van der Waals surface area contributed by atoms with E-state index in [1.54, 1.807) is 6.20 Å². The molecule has 2 heterocycles. The minimum absolute atomic E-state index is 0.0257. The number of likely N-dealkylation sites (tertiary alicyclic amines) is 1. The third-order valence-corrected chi connectivity index (χ3v) is 3.29. The molecule has 0 unspecified atom stereocenters. The quantitative estimate of drug-likeness (QED) is 0.904. The van der Waals surface area contributed by atoms with Gasteiger partial charge in [-0.15, -0.1) is 0 Å². The van der Waals surface area contributed by atoms with Crippen molar-refractivity contribution in [3.63, 3.8) is 0 Å². The molecule has 5 nitrogen and oxygen atoms in total. The summed E-state index contributed by atoms with van der Waals surface area (Å²) in [6, 6.07) is 0. The number of anilines is 1. The summed E-state index contributed by atoms with van der Waals surface area (Å²) >= 11 is 0. The second kappa shape index (κ2) is 5.99. The molecule has 1 fully saturated rings. The van der Waals surface area contributed by atoms with E-state index >= 15 is 0 Å². The molecule has 1 aliphatic rings. The second-order valence-corrected chi connectivity index (χ2v) is 5.17. The molecule has 1 N–H and O–H groups in total. The first-order valence-corrected chi connectivity index (χ1v) is 7.03. The molecule has 0 radical (unpaired) electrons. The number of rotatable bonds is 4. The molecule has 2 rings (SSSR count). The summed E-state index contributed by atoms with van der Waals surface area (Å²) in [5.41, 5.74) is 1.26. The average Bonchev–Trinajstić information content (AvgIpc) is 2.92. The maximum atomic E-state index is 12.5. The number of carbonyl (C=O) groups excluding carboxylic acids is 1. The van der Waals surface area contributed by atoms with E-state index in [4.69, 9.17) is 0 Å². The molecular weight excluding hydrogens is 240 g/mol. The highest BCUT2D eigenvalue weighted by molar-refractivity contribution is 5.97. The first-order valence-electron chi connectivity index (χ1n) is 7.03. The highest BCUT2D eigenvalue weighted by Gasteiger charge is 2.24. The van der Waals surface area contributed by atoms with Crippen LogP contribution >= 0.6 is 0 Å². The predicted molar refractivity (Wildman–Crippen MR) is 75.4 cm³/mol. The molecule has 1 amide bonds. The van der Waals surface area contributed by atoms with Crippen molar-refractivity contribution in [2.24, 2.45) is 0 Å². The Balaban J connectivity index is 2.33. The minimum atomic E-state index is 0.0257. The zero-order chi connectivity index (χ0) is 13.8. The third-order valence-electron chi connectivity index (χ3n) is 3.29. The Morgan fingerprint density at radius 3 is 2.68 bits per heavy atom. The number of nitrogens with zero attached hydrogens (tertiary/aromatic N) is 3. The van der Waals surface area contributed by atoms with Crippen LogP contribution in [0.4, 0.5) is 5.69 Å². The van der Waals surface area contributed by atoms with Crippen molar-refractivity contribution in [3.05, 3.63) is 17.7 Å². The molecule has 19 heavy (non-hydrogen) atoms. The zero-order valence-electron chi connectivity index (χ0n) is 11.9. The molecule has 1 aromatic heterocycles. The molecule has 1 aromatic rings. The monoisotopic (exact) mass is 262 g/mol. The van der Waals surface area contributed by atoms with E-state index in [0.717, 1.165) is 44.0 Å². The summed E-state index contributed by atoms with van der Waals surface area (Å²) in [6.07, 6.45) is 3.91. The van der Waals surface area contributed by atoms with Gasteiger partial charge in [-0.3, -0.25) is 4.79 Å². The highest BCUT2D eigenvalue weighted by atomic mass is 16.2. The van der Waals surface area contributed by atoms with Gasteiger partial charge in [0.1, 0.15) is 5.82 Å². The van der Waals surface area contributed by atoms with Crippen LogP contribution in [-0.2, 0) is 0 Å². The lowest BCUT2D eigenvalue weighted by atomic mass is 10.2. The number of aromatic nitrogens is 2. The number of amides is 1. The fourth-order valence-corrected chi connectivity index (χ4v) is 2.23. The van der Waals surface area contributed by atoms with Gasteiger partial charge in [-0.2, -0.15) is 0 Å². The van der Waals surface area contributed by atoms with E-state index in [9.17, 15) is 4.79 Å². The predicted octanol–water partition coefficient (Wildman–Crippen LogP) is 2.27. The second-order valence-electron chi connectivity index (χ2n) is 5.17. The van der Waals surface area contributed by atoms with Gasteiger partial charge >= 0.3 is 0 Å². The van der Waals surface area contributed by atoms with E-state index in [0.29, 0.717) is 5.69 Å². The summed E-state index contributed by atoms with van der Waals surface area (Å²) < 4.78 is 0. The Bertz CT molecular complexity index is 453. The largest absolute Gasteiger partial charge is 0.382 e. The molecule has 0 bridgehead atoms. The van der Waals surface area contributed by atoms with Crippen LogP contribution in [-0.4, -0.2) is 40.4 Å². The SMILES string of the molecule is CCNc1cnc(C(C)C)nc1C(=O)N1CCCC1. The van der Waals surface area contributed by atoms with Crippen LogP contribution in [0.2, 0.25) is 0 Å². The van der Waals surface area contributed by atoms with Gasteiger partial charge in [-0.25, -0.2) is 9.97 Å². The fraction of sp³-hybridized carbons (Fsp3) is 0.643. The van der Waals surface area contributed by atoms with Crippen LogP contribution in [0.5, 0.6) is 0 Å². The molecule has 5 heteroatoms. The molecule has 0 atom stereocenters. The summed E-state index contributed by atoms with van der Waals surface area (Å²) in [5.74, 6) is 0.975. The first kappa shape index (κ1) is 13.8. The smallest absolute Gasteiger partial charge is 0.274 e. The van der Waals surface area contributed by atoms with Gasteiger partial charge in [-0.05, 0) is 19.8 Å². The molecule has 0 aromatic carbocycles. The zero-order valence-corrected chi connectivity index (χ0v) is 11.9. The third kappa shape index (κ3) is 3.03. The van der Waals surface area contributed by atoms with Gasteiger partial charge in [0, 0.05) is 25.6 Å². The molecular formula is C14H22N4O. The molecule has 0 spiro atoms. The van der Waals surface area contributed by atoms with Gasteiger partial charge in [0.15, 0.2) is 5.69 Å². The Hall–Kier alpha value is -1.65. The standard InChI is InChI=1S/C14H22N4O/c1-4-15-11-9-16-13(10(2)3)17-12(11)14(19)18-7-5-6-8-18/h9-10,15H,4-8H2,1-3H3. The Kier molecular flexibility index (Phi) is 4.35. The van der Waals surface area contributed by atoms with Gasteiger partial charge in [0.2, 0.25) is 0 Å². The number of carbonyl (C=O) groups is 1. The van der Waals surface area contributed by atoms with Crippen LogP contribution in [0.25, 0.3) is 0 Å². The maximum Gasteiger partial charge on any atom is 0.274 e. The van der Waals surface area contributed by atoms with Gasteiger partial charge in [-0.1, -0.05) is 13.8 Å². The number of hydrogen-bond donors (Lipinski definition) is 1. The summed E-state index contributed by atoms with van der Waals surface area (Å²) in [7, 11) is 0. The number of nitrogens with one attached hydrogen (secondary N) is 1. The van der Waals surface area contributed by atoms with E-state index in [1.807, 2.05) is 25.7 Å². The van der Waals surface area contributed by atoms with Crippen molar-refractivity contribution >= 4 is 11.6 Å². The van der Waals surface area contributed by atoms with Crippen LogP contribution in [0.3, 0.4) is 0 Å². The Morgan fingerprint density at radius 2 is 2.11 bits per heavy atom. The van der Waals surface area contributed by atoms with Crippen LogP contribution < -0.4 is 5.32 Å². The van der Waals surface area contributed by atoms with Crippen LogP contribution in [0.1, 0.15) is 55.8 Å². The van der Waals surface area contributed by atoms with Gasteiger partial charge in [0.05, 0.1) is 11.9 Å². The molecule has 0 saturated carbocycles. The molecule has 0 aliphatic carbocycles. The van der Waals surface area contributed by atoms with Crippen LogP contribution in [0.15, 0.2) is 6.20 Å². The van der Waals surface area contributed by atoms with Crippen molar-refractivity contribution in [1.82, 2.24) is 14.9 Å². The normalized spacial score (nSPS) is 15.1. The van der Waals surface area contributed by atoms with Crippen molar-refractivity contribution < 1.29 is 4.79 Å². The molecule has 1 aliphatic heterocycles. The minimum Gasteiger partial charge on any atom is -0.382 e. The van der Waals surface area contributed by atoms with Crippen LogP contribution in [0, 0.1) is 0 Å². The lowest BCUT2D eigenvalue weighted by Crippen LogP contribution is -2.29. The lowest BCUT2D eigenvalue weighted by molar-refractivity contribution is 0.0787. The van der Waals surface area contributed by atoms with E-state index < -0.39 is 0 Å². The number of hydrogen-bond acceptors (Lipinski definition) is 4. The average molecular weight is 262 g/mol. The van der Waals surface area contributed by atoms with E-state index in [1.165, 1.54) is 0 Å². The maximum absolute atomic E-state index is 12.5. The first-order chi connectivity index (χ1) is 9.13. The molecule has 1 saturated heterocycles. The Morgan fingerprint density at radius 1 is 1.42 bits per heavy atom. The van der Waals surface area contributed by atoms with Crippen molar-refractivity contribution in [2.45, 2.75) is 39.5 Å². The van der Waals surface area contributed by atoms with E-state index in [2.05, 4.69) is 15.3 Å². The topological polar surface area (TPSA) is 58.1 Å². The summed E-state index contributed by atoms with van der Waals surface area (Å²) in [6.45, 7) is 8.50.